The Morgan fingerprint density at radius 3 is 2.75 bits per heavy atom. The second-order valence-corrected chi connectivity index (χ2v) is 6.70. The van der Waals surface area contributed by atoms with Gasteiger partial charge < -0.3 is 10.2 Å². The molecular formula is C17H20N4O2S. The van der Waals surface area contributed by atoms with Gasteiger partial charge in [0.15, 0.2) is 0 Å². The van der Waals surface area contributed by atoms with Crippen molar-refractivity contribution in [3.05, 3.63) is 47.6 Å². The van der Waals surface area contributed by atoms with Crippen LogP contribution in [0, 0.1) is 5.92 Å². The number of likely N-dealkylation sites (tertiary alicyclic amines) is 1. The fourth-order valence-corrected chi connectivity index (χ4v) is 3.32. The number of anilines is 1. The Labute approximate surface area is 144 Å². The van der Waals surface area contributed by atoms with Crippen molar-refractivity contribution in [1.29, 1.82) is 0 Å². The SMILES string of the molecule is O=C(NCc1cccnc1)C1CCN(C(=O)Nc2cccs2)CC1. The maximum Gasteiger partial charge on any atom is 0.322 e. The summed E-state index contributed by atoms with van der Waals surface area (Å²) >= 11 is 1.50. The fraction of sp³-hybridized carbons (Fsp3) is 0.353. The molecule has 0 bridgehead atoms. The number of rotatable bonds is 4. The van der Waals surface area contributed by atoms with Crippen LogP contribution < -0.4 is 10.6 Å². The lowest BCUT2D eigenvalue weighted by atomic mass is 9.96. The first-order valence-electron chi connectivity index (χ1n) is 7.98. The van der Waals surface area contributed by atoms with E-state index in [1.54, 1.807) is 17.3 Å². The monoisotopic (exact) mass is 344 g/mol. The van der Waals surface area contributed by atoms with Crippen molar-refractivity contribution in [2.45, 2.75) is 19.4 Å². The Morgan fingerprint density at radius 1 is 1.25 bits per heavy atom. The number of piperidine rings is 1. The van der Waals surface area contributed by atoms with Gasteiger partial charge in [0.05, 0.1) is 5.00 Å². The molecule has 3 amide bonds. The average Bonchev–Trinajstić information content (AvgIpc) is 3.13. The van der Waals surface area contributed by atoms with E-state index < -0.39 is 0 Å². The highest BCUT2D eigenvalue weighted by atomic mass is 32.1. The lowest BCUT2D eigenvalue weighted by Gasteiger charge is -2.31. The molecule has 7 heteroatoms. The molecule has 0 radical (unpaired) electrons. The number of amides is 3. The van der Waals surface area contributed by atoms with Crippen molar-refractivity contribution in [2.75, 3.05) is 18.4 Å². The molecule has 1 saturated heterocycles. The number of aromatic nitrogens is 1. The minimum Gasteiger partial charge on any atom is -0.352 e. The Hall–Kier alpha value is -2.41. The molecular weight excluding hydrogens is 324 g/mol. The van der Waals surface area contributed by atoms with Crippen molar-refractivity contribution in [3.8, 4) is 0 Å². The molecule has 6 nitrogen and oxygen atoms in total. The van der Waals surface area contributed by atoms with Crippen LogP contribution in [-0.2, 0) is 11.3 Å². The van der Waals surface area contributed by atoms with E-state index in [1.807, 2.05) is 29.6 Å². The summed E-state index contributed by atoms with van der Waals surface area (Å²) in [5.41, 5.74) is 0.985. The van der Waals surface area contributed by atoms with Gasteiger partial charge in [0.25, 0.3) is 0 Å². The molecule has 0 atom stereocenters. The Balaban J connectivity index is 1.42. The Morgan fingerprint density at radius 2 is 2.08 bits per heavy atom. The third-order valence-corrected chi connectivity index (χ3v) is 4.88. The number of carbonyl (C=O) groups excluding carboxylic acids is 2. The number of thiophene rings is 1. The van der Waals surface area contributed by atoms with Crippen molar-refractivity contribution in [3.63, 3.8) is 0 Å². The number of pyridine rings is 1. The van der Waals surface area contributed by atoms with E-state index in [0.717, 1.165) is 10.6 Å². The van der Waals surface area contributed by atoms with Crippen LogP contribution in [0.2, 0.25) is 0 Å². The standard InChI is InChI=1S/C17H20N4O2S/c22-16(19-12-13-3-1-7-18-11-13)14-5-8-21(9-6-14)17(23)20-15-4-2-10-24-15/h1-4,7,10-11,14H,5-6,8-9,12H2,(H,19,22)(H,20,23). The van der Waals surface area contributed by atoms with E-state index in [-0.39, 0.29) is 17.9 Å². The predicted molar refractivity (Wildman–Crippen MR) is 93.7 cm³/mol. The van der Waals surface area contributed by atoms with Crippen molar-refractivity contribution in [2.24, 2.45) is 5.92 Å². The van der Waals surface area contributed by atoms with Gasteiger partial charge >= 0.3 is 6.03 Å². The predicted octanol–water partition coefficient (Wildman–Crippen LogP) is 2.70. The summed E-state index contributed by atoms with van der Waals surface area (Å²) < 4.78 is 0. The normalized spacial score (nSPS) is 15.1. The van der Waals surface area contributed by atoms with Crippen molar-refractivity contribution >= 4 is 28.3 Å². The van der Waals surface area contributed by atoms with Gasteiger partial charge in [-0.05, 0) is 42.0 Å². The van der Waals surface area contributed by atoms with Crippen LogP contribution in [0.1, 0.15) is 18.4 Å². The van der Waals surface area contributed by atoms with Crippen molar-refractivity contribution < 1.29 is 9.59 Å². The maximum atomic E-state index is 12.3. The minimum atomic E-state index is -0.0910. The molecule has 0 aliphatic carbocycles. The highest BCUT2D eigenvalue weighted by molar-refractivity contribution is 7.14. The molecule has 1 fully saturated rings. The number of hydrogen-bond acceptors (Lipinski definition) is 4. The number of nitrogens with zero attached hydrogens (tertiary/aromatic N) is 2. The third kappa shape index (κ3) is 4.32. The number of nitrogens with one attached hydrogen (secondary N) is 2. The van der Waals surface area contributed by atoms with Crippen LogP contribution in [0.15, 0.2) is 42.0 Å². The molecule has 2 aromatic heterocycles. The first-order valence-corrected chi connectivity index (χ1v) is 8.86. The smallest absolute Gasteiger partial charge is 0.322 e. The Kier molecular flexibility index (Phi) is 5.43. The van der Waals surface area contributed by atoms with Crippen LogP contribution in [0.5, 0.6) is 0 Å². The van der Waals surface area contributed by atoms with E-state index in [1.165, 1.54) is 11.3 Å². The zero-order chi connectivity index (χ0) is 16.8. The molecule has 126 valence electrons. The maximum absolute atomic E-state index is 12.3. The van der Waals surface area contributed by atoms with Gasteiger partial charge in [-0.3, -0.25) is 15.1 Å². The largest absolute Gasteiger partial charge is 0.352 e. The molecule has 0 aromatic carbocycles. The second kappa shape index (κ2) is 7.92. The molecule has 0 spiro atoms. The minimum absolute atomic E-state index is 0.0348. The number of carbonyl (C=O) groups is 2. The lowest BCUT2D eigenvalue weighted by Crippen LogP contribution is -2.44. The molecule has 24 heavy (non-hydrogen) atoms. The van der Waals surface area contributed by atoms with E-state index in [0.29, 0.717) is 32.5 Å². The average molecular weight is 344 g/mol. The quantitative estimate of drug-likeness (QED) is 0.895. The summed E-state index contributed by atoms with van der Waals surface area (Å²) in [7, 11) is 0. The van der Waals surface area contributed by atoms with Crippen LogP contribution in [-0.4, -0.2) is 34.9 Å². The molecule has 0 unspecified atom stereocenters. The van der Waals surface area contributed by atoms with Gasteiger partial charge in [-0.2, -0.15) is 0 Å². The lowest BCUT2D eigenvalue weighted by molar-refractivity contribution is -0.126. The molecule has 3 heterocycles. The zero-order valence-electron chi connectivity index (χ0n) is 13.3. The summed E-state index contributed by atoms with van der Waals surface area (Å²) in [5.74, 6) is 0.0182. The topological polar surface area (TPSA) is 74.3 Å². The van der Waals surface area contributed by atoms with Gasteiger partial charge in [-0.25, -0.2) is 4.79 Å². The van der Waals surface area contributed by atoms with E-state index in [4.69, 9.17) is 0 Å². The summed E-state index contributed by atoms with van der Waals surface area (Å²) in [6, 6.07) is 7.48. The summed E-state index contributed by atoms with van der Waals surface area (Å²) in [5, 5.41) is 8.60. The van der Waals surface area contributed by atoms with Crippen LogP contribution in [0.4, 0.5) is 9.80 Å². The van der Waals surface area contributed by atoms with Gasteiger partial charge in [-0.15, -0.1) is 11.3 Å². The molecule has 3 rings (SSSR count). The molecule has 2 aromatic rings. The number of urea groups is 1. The van der Waals surface area contributed by atoms with Crippen molar-refractivity contribution in [1.82, 2.24) is 15.2 Å². The summed E-state index contributed by atoms with van der Waals surface area (Å²) in [4.78, 5) is 30.2. The molecule has 0 saturated carbocycles. The highest BCUT2D eigenvalue weighted by Crippen LogP contribution is 2.20. The first kappa shape index (κ1) is 16.4. The van der Waals surface area contributed by atoms with Gasteiger partial charge in [0.2, 0.25) is 5.91 Å². The third-order valence-electron chi connectivity index (χ3n) is 4.09. The number of hydrogen-bond donors (Lipinski definition) is 2. The Bertz CT molecular complexity index is 667. The molecule has 1 aliphatic heterocycles. The second-order valence-electron chi connectivity index (χ2n) is 5.75. The fourth-order valence-electron chi connectivity index (χ4n) is 2.72. The van der Waals surface area contributed by atoms with Gasteiger partial charge in [-0.1, -0.05) is 6.07 Å². The van der Waals surface area contributed by atoms with Crippen LogP contribution >= 0.6 is 11.3 Å². The van der Waals surface area contributed by atoms with E-state index in [9.17, 15) is 9.59 Å². The van der Waals surface area contributed by atoms with Gasteiger partial charge in [0.1, 0.15) is 0 Å². The molecule has 1 aliphatic rings. The zero-order valence-corrected chi connectivity index (χ0v) is 14.1. The van der Waals surface area contributed by atoms with Crippen LogP contribution in [0.3, 0.4) is 0 Å². The van der Waals surface area contributed by atoms with E-state index in [2.05, 4.69) is 15.6 Å². The molecule has 2 N–H and O–H groups in total. The summed E-state index contributed by atoms with van der Waals surface area (Å²) in [6.07, 6.45) is 4.84. The summed E-state index contributed by atoms with van der Waals surface area (Å²) in [6.45, 7) is 1.69. The van der Waals surface area contributed by atoms with E-state index >= 15 is 0 Å². The first-order chi connectivity index (χ1) is 11.7. The van der Waals surface area contributed by atoms with Gasteiger partial charge in [0, 0.05) is 37.9 Å². The highest BCUT2D eigenvalue weighted by Gasteiger charge is 2.27. The van der Waals surface area contributed by atoms with Crippen LogP contribution in [0.25, 0.3) is 0 Å².